The Kier molecular flexibility index (Phi) is 2.22. The predicted octanol–water partition coefficient (Wildman–Crippen LogP) is 0.354. The van der Waals surface area contributed by atoms with E-state index < -0.39 is 6.10 Å². The third-order valence-corrected chi connectivity index (χ3v) is 3.26. The quantitative estimate of drug-likeness (QED) is 0.687. The minimum atomic E-state index is -0.424. The van der Waals surface area contributed by atoms with Crippen LogP contribution in [0.2, 0.25) is 0 Å². The number of nitrogens with one attached hydrogen (secondary N) is 1. The highest BCUT2D eigenvalue weighted by Gasteiger charge is 2.38. The Morgan fingerprint density at radius 3 is 2.88 bits per heavy atom. The third kappa shape index (κ3) is 1.54. The molecule has 17 heavy (non-hydrogen) atoms. The Morgan fingerprint density at radius 1 is 1.47 bits per heavy atom. The van der Waals surface area contributed by atoms with Crippen molar-refractivity contribution in [1.29, 1.82) is 0 Å². The molecule has 1 fully saturated rings. The van der Waals surface area contributed by atoms with Gasteiger partial charge in [-0.15, -0.1) is 0 Å². The van der Waals surface area contributed by atoms with Crippen LogP contribution >= 0.6 is 0 Å². The van der Waals surface area contributed by atoms with Crippen LogP contribution in [0.1, 0.15) is 6.92 Å². The second kappa shape index (κ2) is 3.63. The van der Waals surface area contributed by atoms with Crippen molar-refractivity contribution in [3.63, 3.8) is 0 Å². The SMILES string of the molecule is CC1Oc2ccc(N)cc2N(C2CNC2)C1=O. The third-order valence-electron chi connectivity index (χ3n) is 3.26. The lowest BCUT2D eigenvalue weighted by Gasteiger charge is -2.42. The maximum atomic E-state index is 12.2. The van der Waals surface area contributed by atoms with Gasteiger partial charge in [0.15, 0.2) is 6.10 Å². The molecule has 1 saturated heterocycles. The van der Waals surface area contributed by atoms with Crippen molar-refractivity contribution in [2.45, 2.75) is 19.1 Å². The lowest BCUT2D eigenvalue weighted by Crippen LogP contribution is -2.62. The van der Waals surface area contributed by atoms with E-state index in [0.29, 0.717) is 5.69 Å². The molecule has 1 atom stereocenters. The molecule has 0 aromatic heterocycles. The molecule has 1 unspecified atom stereocenters. The number of amides is 1. The fourth-order valence-corrected chi connectivity index (χ4v) is 2.21. The maximum absolute atomic E-state index is 12.2. The number of nitrogens with zero attached hydrogens (tertiary/aromatic N) is 1. The van der Waals surface area contributed by atoms with Gasteiger partial charge in [0.05, 0.1) is 11.7 Å². The van der Waals surface area contributed by atoms with Crippen LogP contribution < -0.4 is 20.7 Å². The molecule has 90 valence electrons. The zero-order valence-corrected chi connectivity index (χ0v) is 9.64. The molecule has 5 heteroatoms. The Balaban J connectivity index is 2.06. The number of carbonyl (C=O) groups is 1. The van der Waals surface area contributed by atoms with Gasteiger partial charge in [0.25, 0.3) is 5.91 Å². The van der Waals surface area contributed by atoms with Crippen LogP contribution in [0.25, 0.3) is 0 Å². The van der Waals surface area contributed by atoms with E-state index in [2.05, 4.69) is 5.32 Å². The Bertz CT molecular complexity index is 471. The summed E-state index contributed by atoms with van der Waals surface area (Å²) in [6, 6.07) is 5.64. The molecule has 0 radical (unpaired) electrons. The van der Waals surface area contributed by atoms with E-state index in [1.165, 1.54) is 0 Å². The number of rotatable bonds is 1. The zero-order chi connectivity index (χ0) is 12.0. The summed E-state index contributed by atoms with van der Waals surface area (Å²) in [7, 11) is 0. The van der Waals surface area contributed by atoms with Crippen molar-refractivity contribution in [2.75, 3.05) is 23.7 Å². The van der Waals surface area contributed by atoms with Crippen LogP contribution in [0.4, 0.5) is 11.4 Å². The van der Waals surface area contributed by atoms with Gasteiger partial charge in [-0.2, -0.15) is 0 Å². The van der Waals surface area contributed by atoms with E-state index in [-0.39, 0.29) is 11.9 Å². The first-order chi connectivity index (χ1) is 8.16. The number of benzene rings is 1. The van der Waals surface area contributed by atoms with E-state index >= 15 is 0 Å². The molecule has 1 aromatic rings. The van der Waals surface area contributed by atoms with Crippen LogP contribution in [0.3, 0.4) is 0 Å². The largest absolute Gasteiger partial charge is 0.479 e. The highest BCUT2D eigenvalue weighted by molar-refractivity contribution is 6.01. The summed E-state index contributed by atoms with van der Waals surface area (Å²) in [4.78, 5) is 14.0. The summed E-state index contributed by atoms with van der Waals surface area (Å²) in [6.07, 6.45) is -0.424. The molecule has 0 spiro atoms. The van der Waals surface area contributed by atoms with Crippen molar-refractivity contribution in [1.82, 2.24) is 5.32 Å². The number of nitrogens with two attached hydrogens (primary N) is 1. The number of nitrogen functional groups attached to an aromatic ring is 1. The first-order valence-corrected chi connectivity index (χ1v) is 5.77. The standard InChI is InChI=1S/C12H15N3O2/c1-7-12(16)15(9-5-14-6-9)10-4-8(13)2-3-11(10)17-7/h2-4,7,9,14H,5-6,13H2,1H3. The monoisotopic (exact) mass is 233 g/mol. The van der Waals surface area contributed by atoms with E-state index in [0.717, 1.165) is 24.5 Å². The van der Waals surface area contributed by atoms with E-state index in [9.17, 15) is 4.79 Å². The van der Waals surface area contributed by atoms with Gasteiger partial charge in [-0.1, -0.05) is 0 Å². The minimum absolute atomic E-state index is 0.00889. The van der Waals surface area contributed by atoms with Crippen molar-refractivity contribution >= 4 is 17.3 Å². The minimum Gasteiger partial charge on any atom is -0.479 e. The Hall–Kier alpha value is -1.75. The van der Waals surface area contributed by atoms with Crippen molar-refractivity contribution in [3.05, 3.63) is 18.2 Å². The highest BCUT2D eigenvalue weighted by atomic mass is 16.5. The van der Waals surface area contributed by atoms with Crippen LogP contribution in [0, 0.1) is 0 Å². The maximum Gasteiger partial charge on any atom is 0.268 e. The first kappa shape index (κ1) is 10.4. The van der Waals surface area contributed by atoms with Gasteiger partial charge in [0.2, 0.25) is 0 Å². The molecule has 0 aliphatic carbocycles. The number of fused-ring (bicyclic) bond motifs is 1. The molecule has 5 nitrogen and oxygen atoms in total. The van der Waals surface area contributed by atoms with Crippen LogP contribution in [-0.4, -0.2) is 31.1 Å². The molecular weight excluding hydrogens is 218 g/mol. The van der Waals surface area contributed by atoms with Crippen molar-refractivity contribution in [2.24, 2.45) is 0 Å². The first-order valence-electron chi connectivity index (χ1n) is 5.77. The van der Waals surface area contributed by atoms with E-state index in [1.54, 1.807) is 19.1 Å². The number of hydrogen-bond donors (Lipinski definition) is 2. The van der Waals surface area contributed by atoms with Crippen LogP contribution in [0.15, 0.2) is 18.2 Å². The summed E-state index contributed by atoms with van der Waals surface area (Å²) in [5.74, 6) is 0.743. The molecule has 2 heterocycles. The van der Waals surface area contributed by atoms with Gasteiger partial charge < -0.3 is 20.7 Å². The molecular formula is C12H15N3O2. The number of anilines is 2. The van der Waals surface area contributed by atoms with Gasteiger partial charge in [-0.05, 0) is 25.1 Å². The van der Waals surface area contributed by atoms with Gasteiger partial charge >= 0.3 is 0 Å². The fourth-order valence-electron chi connectivity index (χ4n) is 2.21. The smallest absolute Gasteiger partial charge is 0.268 e. The molecule has 2 aliphatic heterocycles. The molecule has 1 amide bonds. The Morgan fingerprint density at radius 2 is 2.24 bits per heavy atom. The molecule has 0 saturated carbocycles. The number of carbonyl (C=O) groups excluding carboxylic acids is 1. The highest BCUT2D eigenvalue weighted by Crippen LogP contribution is 2.37. The number of ether oxygens (including phenoxy) is 1. The number of hydrogen-bond acceptors (Lipinski definition) is 4. The second-order valence-corrected chi connectivity index (χ2v) is 4.51. The normalized spacial score (nSPS) is 23.9. The molecule has 3 rings (SSSR count). The molecule has 3 N–H and O–H groups in total. The van der Waals surface area contributed by atoms with Gasteiger partial charge in [0.1, 0.15) is 5.75 Å². The van der Waals surface area contributed by atoms with E-state index in [1.807, 2.05) is 11.0 Å². The van der Waals surface area contributed by atoms with Gasteiger partial charge in [0, 0.05) is 18.8 Å². The average Bonchev–Trinajstić information content (AvgIpc) is 2.23. The van der Waals surface area contributed by atoms with Crippen LogP contribution in [0.5, 0.6) is 5.75 Å². The molecule has 1 aromatic carbocycles. The molecule has 0 bridgehead atoms. The predicted molar refractivity (Wildman–Crippen MR) is 65.1 cm³/mol. The lowest BCUT2D eigenvalue weighted by atomic mass is 10.1. The summed E-state index contributed by atoms with van der Waals surface area (Å²) >= 11 is 0. The topological polar surface area (TPSA) is 67.6 Å². The van der Waals surface area contributed by atoms with E-state index in [4.69, 9.17) is 10.5 Å². The summed E-state index contributed by atoms with van der Waals surface area (Å²) in [5, 5.41) is 3.17. The second-order valence-electron chi connectivity index (χ2n) is 4.51. The van der Waals surface area contributed by atoms with Crippen LogP contribution in [-0.2, 0) is 4.79 Å². The van der Waals surface area contributed by atoms with Crippen molar-refractivity contribution < 1.29 is 9.53 Å². The molecule has 2 aliphatic rings. The Labute approximate surface area is 99.5 Å². The van der Waals surface area contributed by atoms with Crippen molar-refractivity contribution in [3.8, 4) is 5.75 Å². The lowest BCUT2D eigenvalue weighted by molar-refractivity contribution is -0.126. The average molecular weight is 233 g/mol. The summed E-state index contributed by atoms with van der Waals surface area (Å²) < 4.78 is 5.58. The zero-order valence-electron chi connectivity index (χ0n) is 9.64. The van der Waals surface area contributed by atoms with Gasteiger partial charge in [-0.25, -0.2) is 0 Å². The summed E-state index contributed by atoms with van der Waals surface area (Å²) in [5.41, 5.74) is 7.21. The fraction of sp³-hybridized carbons (Fsp3) is 0.417. The summed E-state index contributed by atoms with van der Waals surface area (Å²) in [6.45, 7) is 3.43. The van der Waals surface area contributed by atoms with Gasteiger partial charge in [-0.3, -0.25) is 4.79 Å².